The first-order valence-electron chi connectivity index (χ1n) is 7.06. The van der Waals surface area contributed by atoms with Crippen molar-refractivity contribution in [1.82, 2.24) is 4.90 Å². The molecule has 0 saturated carbocycles. The number of aromatic hydroxyl groups is 1. The lowest BCUT2D eigenvalue weighted by Gasteiger charge is -2.38. The monoisotopic (exact) mass is 325 g/mol. The number of halogens is 1. The Morgan fingerprint density at radius 3 is 2.42 bits per heavy atom. The third-order valence-electron chi connectivity index (χ3n) is 4.23. The average molecular weight is 326 g/mol. The van der Waals surface area contributed by atoms with Gasteiger partial charge >= 0.3 is 0 Å². The number of benzene rings is 1. The van der Waals surface area contributed by atoms with E-state index in [0.29, 0.717) is 11.2 Å². The van der Waals surface area contributed by atoms with Crippen molar-refractivity contribution in [1.29, 1.82) is 0 Å². The molecule has 0 bridgehead atoms. The minimum Gasteiger partial charge on any atom is -0.507 e. The van der Waals surface area contributed by atoms with Crippen molar-refractivity contribution < 1.29 is 5.11 Å². The van der Waals surface area contributed by atoms with Gasteiger partial charge in [0, 0.05) is 6.54 Å². The molecule has 0 unspecified atom stereocenters. The van der Waals surface area contributed by atoms with E-state index in [0.717, 1.165) is 16.9 Å². The maximum atomic E-state index is 9.51. The van der Waals surface area contributed by atoms with Crippen LogP contribution < -0.4 is 0 Å². The van der Waals surface area contributed by atoms with E-state index >= 15 is 0 Å². The molecular weight excluding hydrogens is 302 g/mol. The summed E-state index contributed by atoms with van der Waals surface area (Å²) in [4.78, 5) is 2.51. The summed E-state index contributed by atoms with van der Waals surface area (Å²) in [5, 5.41) is 9.51. The van der Waals surface area contributed by atoms with E-state index in [-0.39, 0.29) is 0 Å². The summed E-state index contributed by atoms with van der Waals surface area (Å²) in [6.45, 7) is 10.4. The molecule has 106 valence electrons. The Morgan fingerprint density at radius 2 is 1.89 bits per heavy atom. The predicted octanol–water partition coefficient (Wildman–Crippen LogP) is 4.41. The Labute approximate surface area is 124 Å². The van der Waals surface area contributed by atoms with E-state index in [4.69, 9.17) is 0 Å². The molecule has 0 amide bonds. The number of hydrogen-bond donors (Lipinski definition) is 1. The molecule has 0 spiro atoms. The van der Waals surface area contributed by atoms with Gasteiger partial charge in [0.25, 0.3) is 0 Å². The number of phenolic OH excluding ortho intramolecular Hbond substituents is 1. The molecule has 1 aromatic rings. The van der Waals surface area contributed by atoms with Crippen LogP contribution in [0.4, 0.5) is 0 Å². The number of likely N-dealkylation sites (tertiary alicyclic amines) is 1. The van der Waals surface area contributed by atoms with Crippen LogP contribution in [0.25, 0.3) is 0 Å². The van der Waals surface area contributed by atoms with Crippen LogP contribution in [0.15, 0.2) is 22.7 Å². The summed E-state index contributed by atoms with van der Waals surface area (Å²) in [5.41, 5.74) is 1.70. The lowest BCUT2D eigenvalue weighted by molar-refractivity contribution is 0.108. The van der Waals surface area contributed by atoms with Crippen LogP contribution in [0.1, 0.15) is 39.2 Å². The van der Waals surface area contributed by atoms with E-state index in [1.165, 1.54) is 31.5 Å². The molecule has 0 aliphatic carbocycles. The molecule has 0 radical (unpaired) electrons. The molecule has 0 atom stereocenters. The fourth-order valence-corrected chi connectivity index (χ4v) is 3.29. The molecule has 19 heavy (non-hydrogen) atoms. The van der Waals surface area contributed by atoms with E-state index in [1.54, 1.807) is 6.07 Å². The highest BCUT2D eigenvalue weighted by Gasteiger charge is 2.28. The predicted molar refractivity (Wildman–Crippen MR) is 83.3 cm³/mol. The second kappa shape index (κ2) is 5.84. The van der Waals surface area contributed by atoms with Crippen molar-refractivity contribution in [3.05, 3.63) is 28.2 Å². The van der Waals surface area contributed by atoms with Gasteiger partial charge in [0.05, 0.1) is 4.47 Å². The second-order valence-corrected chi connectivity index (χ2v) is 7.56. The first-order valence-corrected chi connectivity index (χ1v) is 7.85. The molecule has 1 aromatic carbocycles. The van der Waals surface area contributed by atoms with Crippen molar-refractivity contribution in [2.24, 2.45) is 11.3 Å². The zero-order valence-corrected chi connectivity index (χ0v) is 13.7. The summed E-state index contributed by atoms with van der Waals surface area (Å²) in [7, 11) is 0. The van der Waals surface area contributed by atoms with Gasteiger partial charge in [-0.1, -0.05) is 26.8 Å². The fourth-order valence-electron chi connectivity index (χ4n) is 2.86. The number of phenols is 1. The normalized spacial score (nSPS) is 18.7. The Balaban J connectivity index is 1.90. The average Bonchev–Trinajstić information content (AvgIpc) is 2.33. The maximum Gasteiger partial charge on any atom is 0.129 e. The summed E-state index contributed by atoms with van der Waals surface area (Å²) in [6, 6.07) is 5.79. The SMILES string of the molecule is CC(C)(C)C1CCN(Cc2ccc(O)c(Br)c2)CC1. The quantitative estimate of drug-likeness (QED) is 0.870. The number of piperidine rings is 1. The van der Waals surface area contributed by atoms with Gasteiger partial charge in [0.2, 0.25) is 0 Å². The molecule has 3 heteroatoms. The van der Waals surface area contributed by atoms with Crippen LogP contribution in [0.2, 0.25) is 0 Å². The largest absolute Gasteiger partial charge is 0.507 e. The zero-order valence-electron chi connectivity index (χ0n) is 12.1. The van der Waals surface area contributed by atoms with Gasteiger partial charge < -0.3 is 5.11 Å². The highest BCUT2D eigenvalue weighted by molar-refractivity contribution is 9.10. The molecule has 1 aliphatic rings. The summed E-state index contributed by atoms with van der Waals surface area (Å²) >= 11 is 3.38. The summed E-state index contributed by atoms with van der Waals surface area (Å²) < 4.78 is 0.787. The number of hydrogen-bond acceptors (Lipinski definition) is 2. The van der Waals surface area contributed by atoms with Gasteiger partial charge in [-0.05, 0) is 70.9 Å². The Bertz CT molecular complexity index is 431. The van der Waals surface area contributed by atoms with E-state index in [1.807, 2.05) is 12.1 Å². The topological polar surface area (TPSA) is 23.5 Å². The zero-order chi connectivity index (χ0) is 14.0. The summed E-state index contributed by atoms with van der Waals surface area (Å²) in [6.07, 6.45) is 2.59. The van der Waals surface area contributed by atoms with Crippen molar-refractivity contribution >= 4 is 15.9 Å². The highest BCUT2D eigenvalue weighted by atomic mass is 79.9. The minimum atomic E-state index is 0.315. The summed E-state index contributed by atoms with van der Waals surface area (Å²) in [5.74, 6) is 1.16. The fraction of sp³-hybridized carbons (Fsp3) is 0.625. The Morgan fingerprint density at radius 1 is 1.26 bits per heavy atom. The molecule has 2 rings (SSSR count). The molecule has 0 aromatic heterocycles. The van der Waals surface area contributed by atoms with Crippen molar-refractivity contribution in [3.8, 4) is 5.75 Å². The second-order valence-electron chi connectivity index (χ2n) is 6.70. The lowest BCUT2D eigenvalue weighted by Crippen LogP contribution is -2.37. The molecular formula is C16H24BrNO. The first kappa shape index (κ1) is 14.9. The molecule has 2 nitrogen and oxygen atoms in total. The molecule has 1 N–H and O–H groups in total. The van der Waals surface area contributed by atoms with Gasteiger partial charge in [-0.15, -0.1) is 0 Å². The van der Waals surface area contributed by atoms with Crippen LogP contribution in [-0.2, 0) is 6.54 Å². The van der Waals surface area contributed by atoms with Gasteiger partial charge in [-0.2, -0.15) is 0 Å². The third-order valence-corrected chi connectivity index (χ3v) is 4.87. The van der Waals surface area contributed by atoms with Crippen LogP contribution in [0, 0.1) is 11.3 Å². The molecule has 1 heterocycles. The van der Waals surface area contributed by atoms with E-state index in [2.05, 4.69) is 41.6 Å². The maximum absolute atomic E-state index is 9.51. The first-order chi connectivity index (χ1) is 8.86. The highest BCUT2D eigenvalue weighted by Crippen LogP contribution is 2.34. The van der Waals surface area contributed by atoms with Gasteiger partial charge in [-0.3, -0.25) is 4.90 Å². The minimum absolute atomic E-state index is 0.315. The Hall–Kier alpha value is -0.540. The van der Waals surface area contributed by atoms with Crippen LogP contribution in [0.3, 0.4) is 0 Å². The standard InChI is InChI=1S/C16H24BrNO/c1-16(2,3)13-6-8-18(9-7-13)11-12-4-5-15(19)14(17)10-12/h4-5,10,13,19H,6-9,11H2,1-3H3. The van der Waals surface area contributed by atoms with Crippen LogP contribution in [-0.4, -0.2) is 23.1 Å². The van der Waals surface area contributed by atoms with E-state index < -0.39 is 0 Å². The van der Waals surface area contributed by atoms with Gasteiger partial charge in [-0.25, -0.2) is 0 Å². The van der Waals surface area contributed by atoms with Gasteiger partial charge in [0.1, 0.15) is 5.75 Å². The van der Waals surface area contributed by atoms with Crippen LogP contribution >= 0.6 is 15.9 Å². The van der Waals surface area contributed by atoms with Crippen molar-refractivity contribution in [3.63, 3.8) is 0 Å². The van der Waals surface area contributed by atoms with Crippen molar-refractivity contribution in [2.45, 2.75) is 40.2 Å². The molecule has 1 fully saturated rings. The van der Waals surface area contributed by atoms with Crippen molar-refractivity contribution in [2.75, 3.05) is 13.1 Å². The number of nitrogens with zero attached hydrogens (tertiary/aromatic N) is 1. The molecule has 1 aliphatic heterocycles. The third kappa shape index (κ3) is 3.96. The van der Waals surface area contributed by atoms with Crippen LogP contribution in [0.5, 0.6) is 5.75 Å². The number of rotatable bonds is 2. The lowest BCUT2D eigenvalue weighted by atomic mass is 9.75. The van der Waals surface area contributed by atoms with E-state index in [9.17, 15) is 5.11 Å². The molecule has 1 saturated heterocycles. The smallest absolute Gasteiger partial charge is 0.129 e. The Kier molecular flexibility index (Phi) is 4.57. The van der Waals surface area contributed by atoms with Gasteiger partial charge in [0.15, 0.2) is 0 Å².